The van der Waals surface area contributed by atoms with Gasteiger partial charge in [-0.2, -0.15) is 0 Å². The maximum Gasteiger partial charge on any atom is 0.226 e. The van der Waals surface area contributed by atoms with E-state index in [1.807, 2.05) is 4.90 Å². The Morgan fingerprint density at radius 1 is 1.11 bits per heavy atom. The number of hydrogen-bond donors (Lipinski definition) is 2. The molecule has 3 N–H and O–H groups in total. The van der Waals surface area contributed by atoms with Crippen LogP contribution in [0.25, 0.3) is 0 Å². The molecule has 104 valence electrons. The highest BCUT2D eigenvalue weighted by atomic mass is 16.3. The molecule has 0 bridgehead atoms. The van der Waals surface area contributed by atoms with Crippen molar-refractivity contribution in [3.8, 4) is 0 Å². The third-order valence-corrected chi connectivity index (χ3v) is 4.51. The largest absolute Gasteiger partial charge is 0.395 e. The summed E-state index contributed by atoms with van der Waals surface area (Å²) >= 11 is 0. The minimum Gasteiger partial charge on any atom is -0.395 e. The Morgan fingerprint density at radius 2 is 1.72 bits per heavy atom. The van der Waals surface area contributed by atoms with Crippen LogP contribution in [0, 0.1) is 5.92 Å². The quantitative estimate of drug-likeness (QED) is 0.794. The molecule has 0 aromatic rings. The standard InChI is InChI=1S/C14H26N2O2/c15-12-7-5-11(6-8-12)14(18)16(9-10-17)13-3-1-2-4-13/h11-13,17H,1-10,15H2. The lowest BCUT2D eigenvalue weighted by Crippen LogP contribution is -2.45. The molecule has 2 rings (SSSR count). The van der Waals surface area contributed by atoms with Gasteiger partial charge in [0.25, 0.3) is 0 Å². The highest BCUT2D eigenvalue weighted by Gasteiger charge is 2.32. The first-order valence-electron chi connectivity index (χ1n) is 7.39. The number of amides is 1. The highest BCUT2D eigenvalue weighted by molar-refractivity contribution is 5.79. The van der Waals surface area contributed by atoms with Crippen molar-refractivity contribution in [3.63, 3.8) is 0 Å². The van der Waals surface area contributed by atoms with Crippen LogP contribution in [0.4, 0.5) is 0 Å². The highest BCUT2D eigenvalue weighted by Crippen LogP contribution is 2.29. The molecular formula is C14H26N2O2. The molecule has 0 atom stereocenters. The van der Waals surface area contributed by atoms with Gasteiger partial charge < -0.3 is 15.7 Å². The fourth-order valence-corrected chi connectivity index (χ4v) is 3.40. The number of carbonyl (C=O) groups excluding carboxylic acids is 1. The molecular weight excluding hydrogens is 228 g/mol. The van der Waals surface area contributed by atoms with Crippen molar-refractivity contribution in [3.05, 3.63) is 0 Å². The predicted octanol–water partition coefficient (Wildman–Crippen LogP) is 1.27. The molecule has 0 aliphatic heterocycles. The van der Waals surface area contributed by atoms with Gasteiger partial charge in [-0.05, 0) is 38.5 Å². The molecule has 0 heterocycles. The molecule has 2 aliphatic carbocycles. The summed E-state index contributed by atoms with van der Waals surface area (Å²) in [6.07, 6.45) is 8.44. The van der Waals surface area contributed by atoms with Crippen LogP contribution in [-0.2, 0) is 4.79 Å². The Hall–Kier alpha value is -0.610. The first kappa shape index (κ1) is 13.8. The van der Waals surface area contributed by atoms with Gasteiger partial charge in [-0.25, -0.2) is 0 Å². The number of nitrogens with two attached hydrogens (primary N) is 1. The smallest absolute Gasteiger partial charge is 0.226 e. The Labute approximate surface area is 110 Å². The van der Waals surface area contributed by atoms with E-state index in [0.717, 1.165) is 38.5 Å². The number of carbonyl (C=O) groups is 1. The minimum absolute atomic E-state index is 0.0779. The molecule has 0 aromatic carbocycles. The summed E-state index contributed by atoms with van der Waals surface area (Å²) in [4.78, 5) is 14.5. The second-order valence-corrected chi connectivity index (χ2v) is 5.81. The molecule has 4 heteroatoms. The summed E-state index contributed by atoms with van der Waals surface area (Å²) in [5.74, 6) is 0.416. The van der Waals surface area contributed by atoms with Crippen molar-refractivity contribution in [1.82, 2.24) is 4.90 Å². The lowest BCUT2D eigenvalue weighted by Gasteiger charge is -2.34. The van der Waals surface area contributed by atoms with E-state index < -0.39 is 0 Å². The first-order valence-corrected chi connectivity index (χ1v) is 7.39. The molecule has 2 saturated carbocycles. The third-order valence-electron chi connectivity index (χ3n) is 4.51. The Bertz CT molecular complexity index is 269. The van der Waals surface area contributed by atoms with Crippen LogP contribution in [0.3, 0.4) is 0 Å². The predicted molar refractivity (Wildman–Crippen MR) is 71.0 cm³/mol. The summed E-state index contributed by atoms with van der Waals surface area (Å²) in [5, 5.41) is 9.17. The van der Waals surface area contributed by atoms with Crippen molar-refractivity contribution < 1.29 is 9.90 Å². The molecule has 0 radical (unpaired) electrons. The van der Waals surface area contributed by atoms with Crippen LogP contribution >= 0.6 is 0 Å². The third kappa shape index (κ3) is 3.23. The summed E-state index contributed by atoms with van der Waals surface area (Å²) in [6.45, 7) is 0.584. The monoisotopic (exact) mass is 254 g/mol. The Kier molecular flexibility index (Phi) is 5.01. The van der Waals surface area contributed by atoms with Gasteiger partial charge in [0.2, 0.25) is 5.91 Å². The molecule has 4 nitrogen and oxygen atoms in total. The Morgan fingerprint density at radius 3 is 2.28 bits per heavy atom. The summed E-state index contributed by atoms with van der Waals surface area (Å²) in [7, 11) is 0. The number of aliphatic hydroxyl groups excluding tert-OH is 1. The molecule has 2 fully saturated rings. The second-order valence-electron chi connectivity index (χ2n) is 5.81. The lowest BCUT2D eigenvalue weighted by molar-refractivity contribution is -0.139. The van der Waals surface area contributed by atoms with Gasteiger partial charge in [0, 0.05) is 24.5 Å². The van der Waals surface area contributed by atoms with Gasteiger partial charge in [0.15, 0.2) is 0 Å². The van der Waals surface area contributed by atoms with E-state index in [1.54, 1.807) is 0 Å². The van der Waals surface area contributed by atoms with Gasteiger partial charge in [-0.15, -0.1) is 0 Å². The van der Waals surface area contributed by atoms with Crippen LogP contribution in [0.15, 0.2) is 0 Å². The number of nitrogens with zero attached hydrogens (tertiary/aromatic N) is 1. The molecule has 0 spiro atoms. The van der Waals surface area contributed by atoms with E-state index in [-0.39, 0.29) is 24.5 Å². The van der Waals surface area contributed by atoms with E-state index in [1.165, 1.54) is 12.8 Å². The maximum absolute atomic E-state index is 12.6. The van der Waals surface area contributed by atoms with E-state index in [9.17, 15) is 9.90 Å². The van der Waals surface area contributed by atoms with E-state index in [0.29, 0.717) is 12.6 Å². The average Bonchev–Trinajstić information content (AvgIpc) is 2.90. The SMILES string of the molecule is NC1CCC(C(=O)N(CCO)C2CCCC2)CC1. The van der Waals surface area contributed by atoms with Gasteiger partial charge >= 0.3 is 0 Å². The summed E-state index contributed by atoms with van der Waals surface area (Å²) < 4.78 is 0. The second kappa shape index (κ2) is 6.53. The molecule has 2 aliphatic rings. The van der Waals surface area contributed by atoms with Gasteiger partial charge in [0.1, 0.15) is 0 Å². The van der Waals surface area contributed by atoms with E-state index in [2.05, 4.69) is 0 Å². The molecule has 1 amide bonds. The fourth-order valence-electron chi connectivity index (χ4n) is 3.40. The van der Waals surface area contributed by atoms with Gasteiger partial charge in [0.05, 0.1) is 6.61 Å². The van der Waals surface area contributed by atoms with Crippen LogP contribution in [0.5, 0.6) is 0 Å². The zero-order valence-corrected chi connectivity index (χ0v) is 11.2. The normalized spacial score (nSPS) is 29.4. The topological polar surface area (TPSA) is 66.6 Å². The summed E-state index contributed by atoms with van der Waals surface area (Å²) in [6, 6.07) is 0.659. The lowest BCUT2D eigenvalue weighted by atomic mass is 9.85. The molecule has 0 unspecified atom stereocenters. The minimum atomic E-state index is 0.0779. The van der Waals surface area contributed by atoms with E-state index >= 15 is 0 Å². The van der Waals surface area contributed by atoms with Crippen LogP contribution in [0.2, 0.25) is 0 Å². The number of rotatable bonds is 4. The average molecular weight is 254 g/mol. The summed E-state index contributed by atoms with van der Waals surface area (Å²) in [5.41, 5.74) is 5.89. The van der Waals surface area contributed by atoms with Crippen LogP contribution < -0.4 is 5.73 Å². The zero-order chi connectivity index (χ0) is 13.0. The van der Waals surface area contributed by atoms with Crippen molar-refractivity contribution in [2.45, 2.75) is 63.5 Å². The van der Waals surface area contributed by atoms with Crippen molar-refractivity contribution in [2.75, 3.05) is 13.2 Å². The van der Waals surface area contributed by atoms with Crippen molar-refractivity contribution >= 4 is 5.91 Å². The van der Waals surface area contributed by atoms with E-state index in [4.69, 9.17) is 5.73 Å². The molecule has 0 saturated heterocycles. The number of hydrogen-bond acceptors (Lipinski definition) is 3. The van der Waals surface area contributed by atoms with Crippen molar-refractivity contribution in [1.29, 1.82) is 0 Å². The molecule has 0 aromatic heterocycles. The van der Waals surface area contributed by atoms with Gasteiger partial charge in [-0.3, -0.25) is 4.79 Å². The van der Waals surface area contributed by atoms with Gasteiger partial charge in [-0.1, -0.05) is 12.8 Å². The number of aliphatic hydroxyl groups is 1. The van der Waals surface area contributed by atoms with Crippen LogP contribution in [0.1, 0.15) is 51.4 Å². The zero-order valence-electron chi connectivity index (χ0n) is 11.2. The Balaban J connectivity index is 1.94. The molecule has 18 heavy (non-hydrogen) atoms. The van der Waals surface area contributed by atoms with Crippen LogP contribution in [-0.4, -0.2) is 41.1 Å². The first-order chi connectivity index (χ1) is 8.72. The fraction of sp³-hybridized carbons (Fsp3) is 0.929. The maximum atomic E-state index is 12.6. The van der Waals surface area contributed by atoms with Crippen molar-refractivity contribution in [2.24, 2.45) is 11.7 Å².